The lowest BCUT2D eigenvalue weighted by molar-refractivity contribution is -0.115. The maximum atomic E-state index is 12.1. The largest absolute Gasteiger partial charge is 0.461 e. The summed E-state index contributed by atoms with van der Waals surface area (Å²) in [5, 5.41) is 0.517. The van der Waals surface area contributed by atoms with E-state index in [0.717, 1.165) is 5.56 Å². The second-order valence-corrected chi connectivity index (χ2v) is 4.89. The van der Waals surface area contributed by atoms with E-state index < -0.39 is 0 Å². The molecule has 20 heavy (non-hydrogen) atoms. The topological polar surface area (TPSA) is 47.3 Å². The van der Waals surface area contributed by atoms with Crippen molar-refractivity contribution in [2.45, 2.75) is 5.92 Å². The van der Waals surface area contributed by atoms with Crippen LogP contribution in [0.3, 0.4) is 0 Å². The Kier molecular flexibility index (Phi) is 4.69. The Morgan fingerprint density at radius 2 is 1.95 bits per heavy atom. The number of hydrogen-bond acceptors (Lipinski definition) is 3. The summed E-state index contributed by atoms with van der Waals surface area (Å²) in [6, 6.07) is 10.3. The first-order valence-corrected chi connectivity index (χ1v) is 7.20. The monoisotopic (exact) mass is 332 g/mol. The molecule has 1 aromatic carbocycles. The van der Waals surface area contributed by atoms with E-state index in [0.29, 0.717) is 16.7 Å². The second kappa shape index (κ2) is 6.48. The average Bonchev–Trinajstić information content (AvgIpc) is 3.02. The minimum absolute atomic E-state index is 0.0491. The van der Waals surface area contributed by atoms with E-state index in [-0.39, 0.29) is 17.5 Å². The van der Waals surface area contributed by atoms with Crippen molar-refractivity contribution in [3.63, 3.8) is 0 Å². The van der Waals surface area contributed by atoms with Crippen molar-refractivity contribution >= 4 is 27.5 Å². The van der Waals surface area contributed by atoms with E-state index in [9.17, 15) is 9.59 Å². The quantitative estimate of drug-likeness (QED) is 0.460. The summed E-state index contributed by atoms with van der Waals surface area (Å²) in [5.41, 5.74) is 1.38. The molecule has 0 bridgehead atoms. The van der Waals surface area contributed by atoms with Gasteiger partial charge in [-0.1, -0.05) is 46.8 Å². The lowest BCUT2D eigenvalue weighted by atomic mass is 9.95. The molecule has 0 saturated carbocycles. The summed E-state index contributed by atoms with van der Waals surface area (Å²) in [7, 11) is 0. The first-order chi connectivity index (χ1) is 9.67. The Bertz CT molecular complexity index is 612. The molecule has 0 unspecified atom stereocenters. The van der Waals surface area contributed by atoms with E-state index in [1.807, 2.05) is 0 Å². The number of carbonyl (C=O) groups is 2. The standard InChI is InChI=1S/C16H13BrO3/c1-2-14(18)13(10-17)11-5-7-12(8-6-11)16(19)15-4-3-9-20-15/h2-9,13H,1,10H2/t13-/m1/s1. The molecule has 0 N–H and O–H groups in total. The van der Waals surface area contributed by atoms with E-state index in [1.54, 1.807) is 36.4 Å². The Morgan fingerprint density at radius 3 is 2.45 bits per heavy atom. The molecule has 0 aliphatic carbocycles. The fourth-order valence-corrected chi connectivity index (χ4v) is 2.58. The summed E-state index contributed by atoms with van der Waals surface area (Å²) in [5.74, 6) is -0.198. The van der Waals surface area contributed by atoms with Crippen molar-refractivity contribution in [3.8, 4) is 0 Å². The van der Waals surface area contributed by atoms with Crippen LogP contribution in [0.15, 0.2) is 59.7 Å². The third-order valence-electron chi connectivity index (χ3n) is 3.02. The highest BCUT2D eigenvalue weighted by Gasteiger charge is 2.18. The molecule has 4 heteroatoms. The molecule has 0 saturated heterocycles. The summed E-state index contributed by atoms with van der Waals surface area (Å²) < 4.78 is 5.08. The van der Waals surface area contributed by atoms with Gasteiger partial charge >= 0.3 is 0 Å². The van der Waals surface area contributed by atoms with E-state index >= 15 is 0 Å². The summed E-state index contributed by atoms with van der Waals surface area (Å²) in [6.45, 7) is 3.50. The smallest absolute Gasteiger partial charge is 0.228 e. The molecule has 2 rings (SSSR count). The number of ketones is 2. The van der Waals surface area contributed by atoms with Gasteiger partial charge in [0.2, 0.25) is 5.78 Å². The fourth-order valence-electron chi connectivity index (χ4n) is 1.89. The summed E-state index contributed by atoms with van der Waals surface area (Å²) in [4.78, 5) is 23.8. The number of hydrogen-bond donors (Lipinski definition) is 0. The number of rotatable bonds is 6. The molecule has 2 aromatic rings. The van der Waals surface area contributed by atoms with Gasteiger partial charge in [0.1, 0.15) is 0 Å². The first-order valence-electron chi connectivity index (χ1n) is 6.07. The summed E-state index contributed by atoms with van der Waals surface area (Å²) in [6.07, 6.45) is 2.78. The Hall–Kier alpha value is -1.94. The SMILES string of the molecule is C=CC(=O)[C@H](CBr)c1ccc(C(=O)c2ccco2)cc1. The average molecular weight is 333 g/mol. The predicted octanol–water partition coefficient (Wildman–Crippen LogP) is 3.74. The Balaban J connectivity index is 2.24. The van der Waals surface area contributed by atoms with Gasteiger partial charge in [0.25, 0.3) is 0 Å². The predicted molar refractivity (Wildman–Crippen MR) is 80.3 cm³/mol. The molecule has 0 fully saturated rings. The van der Waals surface area contributed by atoms with Gasteiger partial charge in [-0.05, 0) is 23.8 Å². The van der Waals surface area contributed by atoms with Gasteiger partial charge in [-0.25, -0.2) is 0 Å². The first kappa shape index (κ1) is 14.5. The molecule has 0 spiro atoms. The zero-order valence-corrected chi connectivity index (χ0v) is 12.3. The van der Waals surface area contributed by atoms with Crippen molar-refractivity contribution in [2.24, 2.45) is 0 Å². The van der Waals surface area contributed by atoms with Gasteiger partial charge in [0.05, 0.1) is 12.2 Å². The Morgan fingerprint density at radius 1 is 1.25 bits per heavy atom. The molecular weight excluding hydrogens is 320 g/mol. The zero-order valence-electron chi connectivity index (χ0n) is 10.7. The van der Waals surface area contributed by atoms with Crippen LogP contribution in [0, 0.1) is 0 Å². The van der Waals surface area contributed by atoms with Crippen molar-refractivity contribution in [1.29, 1.82) is 0 Å². The number of alkyl halides is 1. The zero-order chi connectivity index (χ0) is 14.5. The number of carbonyl (C=O) groups excluding carboxylic acids is 2. The van der Waals surface area contributed by atoms with Gasteiger partial charge in [-0.3, -0.25) is 9.59 Å². The molecule has 0 aliphatic heterocycles. The van der Waals surface area contributed by atoms with Crippen LogP contribution in [0.2, 0.25) is 0 Å². The van der Waals surface area contributed by atoms with Gasteiger partial charge in [-0.15, -0.1) is 0 Å². The third-order valence-corrected chi connectivity index (χ3v) is 3.67. The van der Waals surface area contributed by atoms with Crippen LogP contribution in [0.5, 0.6) is 0 Å². The molecule has 102 valence electrons. The number of benzene rings is 1. The van der Waals surface area contributed by atoms with Gasteiger partial charge < -0.3 is 4.42 Å². The van der Waals surface area contributed by atoms with E-state index in [2.05, 4.69) is 22.5 Å². The number of furan rings is 1. The van der Waals surface area contributed by atoms with Crippen LogP contribution in [0.1, 0.15) is 27.6 Å². The van der Waals surface area contributed by atoms with Gasteiger partial charge in [0, 0.05) is 10.9 Å². The van der Waals surface area contributed by atoms with Crippen LogP contribution in [-0.4, -0.2) is 16.9 Å². The molecular formula is C16H13BrO3. The van der Waals surface area contributed by atoms with Crippen LogP contribution >= 0.6 is 15.9 Å². The highest BCUT2D eigenvalue weighted by Crippen LogP contribution is 2.21. The number of allylic oxidation sites excluding steroid dienone is 1. The second-order valence-electron chi connectivity index (χ2n) is 4.24. The highest BCUT2D eigenvalue weighted by molar-refractivity contribution is 9.09. The fraction of sp³-hybridized carbons (Fsp3) is 0.125. The van der Waals surface area contributed by atoms with Gasteiger partial charge in [0.15, 0.2) is 11.5 Å². The third kappa shape index (κ3) is 2.96. The van der Waals surface area contributed by atoms with Crippen LogP contribution in [0.4, 0.5) is 0 Å². The van der Waals surface area contributed by atoms with Crippen LogP contribution in [0.25, 0.3) is 0 Å². The van der Waals surface area contributed by atoms with Crippen molar-refractivity contribution in [2.75, 3.05) is 5.33 Å². The number of halogens is 1. The van der Waals surface area contributed by atoms with Crippen molar-refractivity contribution < 1.29 is 14.0 Å². The molecule has 0 radical (unpaired) electrons. The lowest BCUT2D eigenvalue weighted by Crippen LogP contribution is -2.11. The highest BCUT2D eigenvalue weighted by atomic mass is 79.9. The molecule has 1 atom stereocenters. The van der Waals surface area contributed by atoms with Crippen LogP contribution in [-0.2, 0) is 4.79 Å². The maximum Gasteiger partial charge on any atom is 0.228 e. The van der Waals surface area contributed by atoms with E-state index in [4.69, 9.17) is 4.42 Å². The minimum atomic E-state index is -0.278. The molecule has 0 amide bonds. The molecule has 1 heterocycles. The lowest BCUT2D eigenvalue weighted by Gasteiger charge is -2.11. The maximum absolute atomic E-state index is 12.1. The minimum Gasteiger partial charge on any atom is -0.461 e. The molecule has 3 nitrogen and oxygen atoms in total. The van der Waals surface area contributed by atoms with Crippen molar-refractivity contribution in [1.82, 2.24) is 0 Å². The normalized spacial score (nSPS) is 11.8. The van der Waals surface area contributed by atoms with Crippen molar-refractivity contribution in [3.05, 3.63) is 72.2 Å². The van der Waals surface area contributed by atoms with Crippen LogP contribution < -0.4 is 0 Å². The Labute approximate surface area is 125 Å². The van der Waals surface area contributed by atoms with Gasteiger partial charge in [-0.2, -0.15) is 0 Å². The summed E-state index contributed by atoms with van der Waals surface area (Å²) >= 11 is 3.32. The van der Waals surface area contributed by atoms with E-state index in [1.165, 1.54) is 12.3 Å². The molecule has 0 aliphatic rings. The molecule has 1 aromatic heterocycles.